The standard InChI is InChI=1S/C24H31N3O3S/c1-27(2)15-8-17-29-22-13-11-20(12-14-22)24-26-25-23(30-24)19-31-18-7-6-16-28-21-9-4-3-5-10-21/h3-5,9-14H,6-8,15-19H2,1-2H3. The Morgan fingerprint density at radius 3 is 2.29 bits per heavy atom. The molecule has 0 fully saturated rings. The lowest BCUT2D eigenvalue weighted by atomic mass is 10.2. The number of hydrogen-bond donors (Lipinski definition) is 0. The highest BCUT2D eigenvalue weighted by Crippen LogP contribution is 2.23. The van der Waals surface area contributed by atoms with Gasteiger partial charge in [0.05, 0.1) is 19.0 Å². The Morgan fingerprint density at radius 2 is 1.55 bits per heavy atom. The number of aromatic nitrogens is 2. The van der Waals surface area contributed by atoms with E-state index in [0.717, 1.165) is 61.0 Å². The highest BCUT2D eigenvalue weighted by Gasteiger charge is 2.09. The van der Waals surface area contributed by atoms with E-state index in [1.807, 2.05) is 54.6 Å². The lowest BCUT2D eigenvalue weighted by molar-refractivity contribution is 0.281. The molecule has 166 valence electrons. The van der Waals surface area contributed by atoms with Crippen LogP contribution in [0.15, 0.2) is 59.0 Å². The Labute approximate surface area is 189 Å². The molecule has 3 rings (SSSR count). The zero-order chi connectivity index (χ0) is 21.7. The molecule has 0 saturated heterocycles. The van der Waals surface area contributed by atoms with Gasteiger partial charge in [-0.2, -0.15) is 11.8 Å². The first-order valence-corrected chi connectivity index (χ1v) is 11.8. The molecule has 2 aromatic carbocycles. The van der Waals surface area contributed by atoms with E-state index in [0.29, 0.717) is 18.4 Å². The van der Waals surface area contributed by atoms with Gasteiger partial charge in [-0.05, 0) is 75.5 Å². The van der Waals surface area contributed by atoms with Crippen molar-refractivity contribution >= 4 is 11.8 Å². The Morgan fingerprint density at radius 1 is 0.839 bits per heavy atom. The molecule has 6 nitrogen and oxygen atoms in total. The molecule has 0 radical (unpaired) electrons. The predicted octanol–water partition coefficient (Wildman–Crippen LogP) is 5.16. The first kappa shape index (κ1) is 23.2. The van der Waals surface area contributed by atoms with Gasteiger partial charge in [-0.1, -0.05) is 18.2 Å². The van der Waals surface area contributed by atoms with Crippen molar-refractivity contribution < 1.29 is 13.9 Å². The van der Waals surface area contributed by atoms with Crippen molar-refractivity contribution in [2.45, 2.75) is 25.0 Å². The van der Waals surface area contributed by atoms with Gasteiger partial charge in [0.15, 0.2) is 0 Å². The molecular formula is C24H31N3O3S. The molecule has 0 spiro atoms. The number of unbranched alkanes of at least 4 members (excludes halogenated alkanes) is 1. The Kier molecular flexibility index (Phi) is 9.73. The van der Waals surface area contributed by atoms with Crippen LogP contribution in [0.5, 0.6) is 11.5 Å². The minimum atomic E-state index is 0.547. The van der Waals surface area contributed by atoms with Crippen LogP contribution in [0.4, 0.5) is 0 Å². The molecular weight excluding hydrogens is 410 g/mol. The van der Waals surface area contributed by atoms with E-state index >= 15 is 0 Å². The Bertz CT molecular complexity index is 869. The second-order valence-electron chi connectivity index (χ2n) is 7.45. The number of rotatable bonds is 14. The second-order valence-corrected chi connectivity index (χ2v) is 8.56. The maximum absolute atomic E-state index is 5.81. The quantitative estimate of drug-likeness (QED) is 0.320. The van der Waals surface area contributed by atoms with Gasteiger partial charge in [-0.25, -0.2) is 0 Å². The molecule has 0 amide bonds. The van der Waals surface area contributed by atoms with Crippen LogP contribution in [-0.4, -0.2) is 54.7 Å². The highest BCUT2D eigenvalue weighted by molar-refractivity contribution is 7.98. The molecule has 0 unspecified atom stereocenters. The Balaban J connectivity index is 1.31. The molecule has 1 aromatic heterocycles. The average molecular weight is 442 g/mol. The van der Waals surface area contributed by atoms with Crippen molar-refractivity contribution in [3.8, 4) is 23.0 Å². The van der Waals surface area contributed by atoms with Crippen LogP contribution in [-0.2, 0) is 5.75 Å². The van der Waals surface area contributed by atoms with E-state index in [9.17, 15) is 0 Å². The van der Waals surface area contributed by atoms with Gasteiger partial charge in [-0.3, -0.25) is 0 Å². The summed E-state index contributed by atoms with van der Waals surface area (Å²) in [7, 11) is 4.13. The molecule has 0 atom stereocenters. The first-order chi connectivity index (χ1) is 15.2. The number of benzene rings is 2. The summed E-state index contributed by atoms with van der Waals surface area (Å²) >= 11 is 1.80. The molecule has 0 aliphatic rings. The van der Waals surface area contributed by atoms with Crippen molar-refractivity contribution in [1.29, 1.82) is 0 Å². The molecule has 31 heavy (non-hydrogen) atoms. The first-order valence-electron chi connectivity index (χ1n) is 10.7. The van der Waals surface area contributed by atoms with E-state index in [1.54, 1.807) is 11.8 Å². The molecule has 0 bridgehead atoms. The van der Waals surface area contributed by atoms with Gasteiger partial charge >= 0.3 is 0 Å². The summed E-state index contributed by atoms with van der Waals surface area (Å²) in [6.07, 6.45) is 3.12. The van der Waals surface area contributed by atoms with E-state index in [2.05, 4.69) is 29.2 Å². The van der Waals surface area contributed by atoms with Crippen molar-refractivity contribution in [3.05, 3.63) is 60.5 Å². The number of nitrogens with zero attached hydrogens (tertiary/aromatic N) is 3. The van der Waals surface area contributed by atoms with Gasteiger partial charge in [0.2, 0.25) is 11.8 Å². The molecule has 0 saturated carbocycles. The summed E-state index contributed by atoms with van der Waals surface area (Å²) in [5.41, 5.74) is 0.905. The molecule has 0 aliphatic heterocycles. The minimum Gasteiger partial charge on any atom is -0.494 e. The fraction of sp³-hybridized carbons (Fsp3) is 0.417. The number of hydrogen-bond acceptors (Lipinski definition) is 7. The van der Waals surface area contributed by atoms with Crippen LogP contribution < -0.4 is 9.47 Å². The molecule has 0 N–H and O–H groups in total. The van der Waals surface area contributed by atoms with Crippen molar-refractivity contribution in [2.24, 2.45) is 0 Å². The molecule has 1 heterocycles. The highest BCUT2D eigenvalue weighted by atomic mass is 32.2. The van der Waals surface area contributed by atoms with Crippen LogP contribution >= 0.6 is 11.8 Å². The fourth-order valence-electron chi connectivity index (χ4n) is 2.87. The zero-order valence-corrected chi connectivity index (χ0v) is 19.1. The van der Waals surface area contributed by atoms with Crippen molar-refractivity contribution in [1.82, 2.24) is 15.1 Å². The van der Waals surface area contributed by atoms with Crippen LogP contribution in [0.3, 0.4) is 0 Å². The molecule has 0 aliphatic carbocycles. The zero-order valence-electron chi connectivity index (χ0n) is 18.3. The molecule has 3 aromatic rings. The third kappa shape index (κ3) is 8.63. The number of ether oxygens (including phenoxy) is 2. The van der Waals surface area contributed by atoms with Crippen LogP contribution in [0.1, 0.15) is 25.2 Å². The van der Waals surface area contributed by atoms with E-state index in [1.165, 1.54) is 0 Å². The van der Waals surface area contributed by atoms with E-state index < -0.39 is 0 Å². The third-order valence-corrected chi connectivity index (χ3v) is 5.54. The van der Waals surface area contributed by atoms with E-state index in [4.69, 9.17) is 13.9 Å². The summed E-state index contributed by atoms with van der Waals surface area (Å²) in [6, 6.07) is 17.7. The summed E-state index contributed by atoms with van der Waals surface area (Å²) in [6.45, 7) is 2.46. The van der Waals surface area contributed by atoms with E-state index in [-0.39, 0.29) is 0 Å². The minimum absolute atomic E-state index is 0.547. The lowest BCUT2D eigenvalue weighted by Gasteiger charge is -2.10. The average Bonchev–Trinajstić information content (AvgIpc) is 3.26. The fourth-order valence-corrected chi connectivity index (χ4v) is 3.71. The van der Waals surface area contributed by atoms with Gasteiger partial charge in [0.25, 0.3) is 0 Å². The number of thioether (sulfide) groups is 1. The smallest absolute Gasteiger partial charge is 0.247 e. The Hall–Kier alpha value is -2.51. The molecule has 7 heteroatoms. The third-order valence-electron chi connectivity index (χ3n) is 4.51. The maximum atomic E-state index is 5.81. The van der Waals surface area contributed by atoms with Crippen LogP contribution in [0.25, 0.3) is 11.5 Å². The largest absolute Gasteiger partial charge is 0.494 e. The van der Waals surface area contributed by atoms with Gasteiger partial charge in [0, 0.05) is 12.1 Å². The summed E-state index contributed by atoms with van der Waals surface area (Å²) in [5.74, 6) is 4.75. The monoisotopic (exact) mass is 441 g/mol. The summed E-state index contributed by atoms with van der Waals surface area (Å²) in [4.78, 5) is 2.15. The van der Waals surface area contributed by atoms with Crippen molar-refractivity contribution in [2.75, 3.05) is 39.6 Å². The van der Waals surface area contributed by atoms with Gasteiger partial charge in [-0.15, -0.1) is 10.2 Å². The topological polar surface area (TPSA) is 60.6 Å². The summed E-state index contributed by atoms with van der Waals surface area (Å²) < 4.78 is 17.3. The summed E-state index contributed by atoms with van der Waals surface area (Å²) in [5, 5.41) is 8.34. The van der Waals surface area contributed by atoms with Crippen LogP contribution in [0, 0.1) is 0 Å². The van der Waals surface area contributed by atoms with Gasteiger partial charge in [0.1, 0.15) is 11.5 Å². The maximum Gasteiger partial charge on any atom is 0.247 e. The van der Waals surface area contributed by atoms with Crippen LogP contribution in [0.2, 0.25) is 0 Å². The number of para-hydroxylation sites is 1. The SMILES string of the molecule is CN(C)CCCOc1ccc(-c2nnc(CSCCCCOc3ccccc3)o2)cc1. The van der Waals surface area contributed by atoms with Crippen molar-refractivity contribution in [3.63, 3.8) is 0 Å². The predicted molar refractivity (Wildman–Crippen MR) is 126 cm³/mol. The normalized spacial score (nSPS) is 11.1. The van der Waals surface area contributed by atoms with Gasteiger partial charge < -0.3 is 18.8 Å². The second kappa shape index (κ2) is 13.0. The lowest BCUT2D eigenvalue weighted by Crippen LogP contribution is -2.15.